The van der Waals surface area contributed by atoms with E-state index < -0.39 is 0 Å². The van der Waals surface area contributed by atoms with Crippen molar-refractivity contribution in [3.63, 3.8) is 0 Å². The van der Waals surface area contributed by atoms with E-state index in [0.29, 0.717) is 5.92 Å². The quantitative estimate of drug-likeness (QED) is 0.671. The molecule has 5 nitrogen and oxygen atoms in total. The Morgan fingerprint density at radius 2 is 2.53 bits per heavy atom. The van der Waals surface area contributed by atoms with Crippen LogP contribution in [0.4, 0.5) is 0 Å². The summed E-state index contributed by atoms with van der Waals surface area (Å²) in [4.78, 5) is 12.2. The summed E-state index contributed by atoms with van der Waals surface area (Å²) in [6.07, 6.45) is 3.10. The molecule has 0 aliphatic carbocycles. The van der Waals surface area contributed by atoms with Crippen molar-refractivity contribution in [3.8, 4) is 0 Å². The number of ether oxygens (including phenoxy) is 1. The molecule has 0 bridgehead atoms. The summed E-state index contributed by atoms with van der Waals surface area (Å²) in [6.45, 7) is 5.73. The van der Waals surface area contributed by atoms with Gasteiger partial charge in [0.15, 0.2) is 5.96 Å². The summed E-state index contributed by atoms with van der Waals surface area (Å²) < 4.78 is 5.23. The maximum absolute atomic E-state index is 5.23. The molecule has 0 radical (unpaired) electrons. The van der Waals surface area contributed by atoms with Gasteiger partial charge in [0.1, 0.15) is 0 Å². The highest BCUT2D eigenvalue weighted by Gasteiger charge is 2.24. The molecule has 0 amide bonds. The van der Waals surface area contributed by atoms with Gasteiger partial charge in [-0.3, -0.25) is 4.99 Å². The van der Waals surface area contributed by atoms with Crippen LogP contribution in [-0.2, 0) is 11.3 Å². The standard InChI is InChI=1S/C13H22N4OS/c1-10-15-6-12(19-10)7-16-13(14-2)17-5-4-11(8-17)9-18-3/h6,11H,4-5,7-9H2,1-3H3,(H,14,16). The molecule has 1 aliphatic heterocycles. The smallest absolute Gasteiger partial charge is 0.193 e. The molecule has 0 saturated carbocycles. The lowest BCUT2D eigenvalue weighted by Crippen LogP contribution is -2.39. The van der Waals surface area contributed by atoms with Gasteiger partial charge < -0.3 is 15.0 Å². The SMILES string of the molecule is CN=C(NCc1cnc(C)s1)N1CCC(COC)C1. The van der Waals surface area contributed by atoms with Gasteiger partial charge in [0.2, 0.25) is 0 Å². The lowest BCUT2D eigenvalue weighted by Gasteiger charge is -2.21. The van der Waals surface area contributed by atoms with Gasteiger partial charge in [0.05, 0.1) is 18.2 Å². The number of methoxy groups -OCH3 is 1. The Bertz CT molecular complexity index is 432. The second kappa shape index (κ2) is 6.86. The summed E-state index contributed by atoms with van der Waals surface area (Å²) in [6, 6.07) is 0. The third-order valence-corrected chi connectivity index (χ3v) is 4.20. The number of aryl methyl sites for hydroxylation is 1. The predicted octanol–water partition coefficient (Wildman–Crippen LogP) is 1.50. The zero-order chi connectivity index (χ0) is 13.7. The Kier molecular flexibility index (Phi) is 5.15. The summed E-state index contributed by atoms with van der Waals surface area (Å²) in [7, 11) is 3.60. The van der Waals surface area contributed by atoms with Gasteiger partial charge in [0, 0.05) is 44.2 Å². The van der Waals surface area contributed by atoms with Crippen LogP contribution in [0.1, 0.15) is 16.3 Å². The van der Waals surface area contributed by atoms with Crippen LogP contribution >= 0.6 is 11.3 Å². The number of likely N-dealkylation sites (tertiary alicyclic amines) is 1. The fourth-order valence-corrected chi connectivity index (χ4v) is 3.12. The third kappa shape index (κ3) is 3.91. The zero-order valence-electron chi connectivity index (χ0n) is 11.8. The first-order valence-electron chi connectivity index (χ1n) is 6.58. The molecule has 1 aromatic heterocycles. The second-order valence-corrected chi connectivity index (χ2v) is 6.12. The summed E-state index contributed by atoms with van der Waals surface area (Å²) in [5, 5.41) is 4.51. The van der Waals surface area contributed by atoms with Crippen LogP contribution in [0.25, 0.3) is 0 Å². The van der Waals surface area contributed by atoms with Gasteiger partial charge in [-0.15, -0.1) is 11.3 Å². The normalized spacial score (nSPS) is 20.1. The Balaban J connectivity index is 1.84. The summed E-state index contributed by atoms with van der Waals surface area (Å²) in [5.74, 6) is 1.60. The second-order valence-electron chi connectivity index (χ2n) is 4.80. The average Bonchev–Trinajstić information content (AvgIpc) is 3.01. The molecule has 1 aromatic rings. The molecule has 19 heavy (non-hydrogen) atoms. The number of hydrogen-bond donors (Lipinski definition) is 1. The number of thiazole rings is 1. The fraction of sp³-hybridized carbons (Fsp3) is 0.692. The van der Waals surface area contributed by atoms with E-state index >= 15 is 0 Å². The molecular weight excluding hydrogens is 260 g/mol. The molecule has 1 N–H and O–H groups in total. The van der Waals surface area contributed by atoms with E-state index in [2.05, 4.69) is 20.2 Å². The van der Waals surface area contributed by atoms with Crippen molar-refractivity contribution in [2.24, 2.45) is 10.9 Å². The highest BCUT2D eigenvalue weighted by Crippen LogP contribution is 2.17. The number of hydrogen-bond acceptors (Lipinski definition) is 4. The summed E-state index contributed by atoms with van der Waals surface area (Å²) >= 11 is 1.72. The van der Waals surface area contributed by atoms with E-state index in [1.165, 1.54) is 11.3 Å². The highest BCUT2D eigenvalue weighted by molar-refractivity contribution is 7.11. The molecular formula is C13H22N4OS. The van der Waals surface area contributed by atoms with Gasteiger partial charge in [-0.25, -0.2) is 4.98 Å². The van der Waals surface area contributed by atoms with Crippen LogP contribution < -0.4 is 5.32 Å². The van der Waals surface area contributed by atoms with E-state index in [1.807, 2.05) is 20.2 Å². The largest absolute Gasteiger partial charge is 0.384 e. The lowest BCUT2D eigenvalue weighted by molar-refractivity contribution is 0.157. The Labute approximate surface area is 118 Å². The van der Waals surface area contributed by atoms with E-state index in [4.69, 9.17) is 4.74 Å². The number of aliphatic imine (C=N–C) groups is 1. The average molecular weight is 282 g/mol. The fourth-order valence-electron chi connectivity index (χ4n) is 2.38. The minimum Gasteiger partial charge on any atom is -0.384 e. The molecule has 1 atom stereocenters. The molecule has 2 heterocycles. The van der Waals surface area contributed by atoms with Crippen molar-refractivity contribution in [2.75, 3.05) is 33.9 Å². The van der Waals surface area contributed by atoms with Crippen molar-refractivity contribution in [3.05, 3.63) is 16.1 Å². The maximum Gasteiger partial charge on any atom is 0.193 e. The van der Waals surface area contributed by atoms with E-state index in [0.717, 1.165) is 37.2 Å². The zero-order valence-corrected chi connectivity index (χ0v) is 12.7. The number of nitrogens with one attached hydrogen (secondary N) is 1. The van der Waals surface area contributed by atoms with Crippen LogP contribution in [-0.4, -0.2) is 49.7 Å². The third-order valence-electron chi connectivity index (χ3n) is 3.29. The minimum atomic E-state index is 0.620. The monoisotopic (exact) mass is 282 g/mol. The van der Waals surface area contributed by atoms with Crippen molar-refractivity contribution in [1.82, 2.24) is 15.2 Å². The van der Waals surface area contributed by atoms with Gasteiger partial charge in [-0.2, -0.15) is 0 Å². The number of aromatic nitrogens is 1. The molecule has 1 saturated heterocycles. The molecule has 1 fully saturated rings. The van der Waals surface area contributed by atoms with Crippen LogP contribution in [0.2, 0.25) is 0 Å². The van der Waals surface area contributed by atoms with E-state index in [1.54, 1.807) is 18.4 Å². The van der Waals surface area contributed by atoms with Crippen molar-refractivity contribution >= 4 is 17.3 Å². The van der Waals surface area contributed by atoms with Crippen LogP contribution in [0.15, 0.2) is 11.2 Å². The van der Waals surface area contributed by atoms with E-state index in [9.17, 15) is 0 Å². The van der Waals surface area contributed by atoms with E-state index in [-0.39, 0.29) is 0 Å². The van der Waals surface area contributed by atoms with Gasteiger partial charge in [0.25, 0.3) is 0 Å². The van der Waals surface area contributed by atoms with Gasteiger partial charge in [-0.1, -0.05) is 0 Å². The molecule has 2 rings (SSSR count). The Hall–Kier alpha value is -1.14. The predicted molar refractivity (Wildman–Crippen MR) is 78.6 cm³/mol. The lowest BCUT2D eigenvalue weighted by atomic mass is 10.1. The first-order chi connectivity index (χ1) is 9.22. The van der Waals surface area contributed by atoms with Gasteiger partial charge >= 0.3 is 0 Å². The van der Waals surface area contributed by atoms with Gasteiger partial charge in [-0.05, 0) is 13.3 Å². The molecule has 1 aliphatic rings. The van der Waals surface area contributed by atoms with Crippen molar-refractivity contribution in [1.29, 1.82) is 0 Å². The molecule has 0 aromatic carbocycles. The van der Waals surface area contributed by atoms with Crippen LogP contribution in [0.5, 0.6) is 0 Å². The minimum absolute atomic E-state index is 0.620. The van der Waals surface area contributed by atoms with Crippen LogP contribution in [0.3, 0.4) is 0 Å². The highest BCUT2D eigenvalue weighted by atomic mass is 32.1. The van der Waals surface area contributed by atoms with Crippen LogP contribution in [0, 0.1) is 12.8 Å². The molecule has 1 unspecified atom stereocenters. The Morgan fingerprint density at radius 3 is 3.16 bits per heavy atom. The van der Waals surface area contributed by atoms with Crippen molar-refractivity contribution < 1.29 is 4.74 Å². The number of rotatable bonds is 4. The number of nitrogens with zero attached hydrogens (tertiary/aromatic N) is 3. The number of guanidine groups is 1. The van der Waals surface area contributed by atoms with Crippen molar-refractivity contribution in [2.45, 2.75) is 19.9 Å². The topological polar surface area (TPSA) is 49.8 Å². The first-order valence-corrected chi connectivity index (χ1v) is 7.40. The summed E-state index contributed by atoms with van der Waals surface area (Å²) in [5.41, 5.74) is 0. The molecule has 6 heteroatoms. The first kappa shape index (κ1) is 14.3. The molecule has 106 valence electrons. The maximum atomic E-state index is 5.23. The Morgan fingerprint density at radius 1 is 1.68 bits per heavy atom. The molecule has 0 spiro atoms.